The van der Waals surface area contributed by atoms with Crippen molar-refractivity contribution in [3.63, 3.8) is 0 Å². The van der Waals surface area contributed by atoms with Crippen LogP contribution in [0.15, 0.2) is 31.7 Å². The highest BCUT2D eigenvalue weighted by Crippen LogP contribution is 2.39. The van der Waals surface area contributed by atoms with Gasteiger partial charge in [0.1, 0.15) is 10.4 Å². The lowest BCUT2D eigenvalue weighted by Gasteiger charge is -2.10. The minimum Gasteiger partial charge on any atom is -0.436 e. The van der Waals surface area contributed by atoms with Gasteiger partial charge in [0.05, 0.1) is 13.9 Å². The van der Waals surface area contributed by atoms with Crippen molar-refractivity contribution in [2.45, 2.75) is 13.3 Å². The molecule has 110 valence electrons. The van der Waals surface area contributed by atoms with E-state index in [9.17, 15) is 10.1 Å². The van der Waals surface area contributed by atoms with Gasteiger partial charge in [-0.25, -0.2) is 4.98 Å². The first-order valence-corrected chi connectivity index (χ1v) is 8.13. The Morgan fingerprint density at radius 2 is 1.81 bits per heavy atom. The first-order valence-electron chi connectivity index (χ1n) is 5.75. The maximum Gasteiger partial charge on any atom is 0.271 e. The summed E-state index contributed by atoms with van der Waals surface area (Å²) in [4.78, 5) is 18.8. The number of nitrogens with zero attached hydrogens (tertiary/aromatic N) is 3. The lowest BCUT2D eigenvalue weighted by Crippen LogP contribution is -1.98. The smallest absolute Gasteiger partial charge is 0.271 e. The van der Waals surface area contributed by atoms with Crippen molar-refractivity contribution in [3.05, 3.63) is 47.7 Å². The van der Waals surface area contributed by atoms with Crippen LogP contribution in [-0.4, -0.2) is 14.9 Å². The molecule has 0 aliphatic heterocycles. The Hall–Kier alpha value is -1.06. The van der Waals surface area contributed by atoms with Gasteiger partial charge in [-0.3, -0.25) is 10.1 Å². The number of rotatable bonds is 4. The standard InChI is InChI=1S/C12H8Br3N3O3/c1-2-10-16-9(15)5-11(17-10)21-12-7(13)3-6(18(19)20)4-8(12)14/h3-5H,2H2,1H3. The van der Waals surface area contributed by atoms with Gasteiger partial charge in [-0.2, -0.15) is 4.98 Å². The summed E-state index contributed by atoms with van der Waals surface area (Å²) < 4.78 is 7.22. The largest absolute Gasteiger partial charge is 0.436 e. The summed E-state index contributed by atoms with van der Waals surface area (Å²) in [5.41, 5.74) is -0.0424. The van der Waals surface area contributed by atoms with E-state index in [1.807, 2.05) is 6.92 Å². The number of benzene rings is 1. The molecule has 0 saturated heterocycles. The zero-order chi connectivity index (χ0) is 15.6. The normalized spacial score (nSPS) is 10.5. The van der Waals surface area contributed by atoms with Crippen molar-refractivity contribution in [2.24, 2.45) is 0 Å². The molecule has 0 aliphatic carbocycles. The molecule has 6 nitrogen and oxygen atoms in total. The van der Waals surface area contributed by atoms with Crippen LogP contribution in [-0.2, 0) is 6.42 Å². The second kappa shape index (κ2) is 6.80. The summed E-state index contributed by atoms with van der Waals surface area (Å²) in [6.07, 6.45) is 0.665. The van der Waals surface area contributed by atoms with Crippen molar-refractivity contribution in [1.82, 2.24) is 9.97 Å². The maximum absolute atomic E-state index is 10.8. The molecule has 21 heavy (non-hydrogen) atoms. The van der Waals surface area contributed by atoms with Crippen LogP contribution in [0.2, 0.25) is 0 Å². The highest BCUT2D eigenvalue weighted by Gasteiger charge is 2.16. The number of aryl methyl sites for hydroxylation is 1. The third-order valence-electron chi connectivity index (χ3n) is 2.43. The molecule has 0 radical (unpaired) electrons. The SMILES string of the molecule is CCc1nc(Br)cc(Oc2c(Br)cc([N+](=O)[O-])cc2Br)n1. The molecule has 1 aromatic heterocycles. The van der Waals surface area contributed by atoms with Crippen molar-refractivity contribution >= 4 is 53.5 Å². The molecule has 0 amide bonds. The minimum absolute atomic E-state index is 0.0424. The molecular weight excluding hydrogens is 474 g/mol. The number of aromatic nitrogens is 2. The number of nitro groups is 1. The van der Waals surface area contributed by atoms with Crippen molar-refractivity contribution in [1.29, 1.82) is 0 Å². The number of hydrogen-bond acceptors (Lipinski definition) is 5. The van der Waals surface area contributed by atoms with Crippen LogP contribution in [0.5, 0.6) is 11.6 Å². The predicted molar refractivity (Wildman–Crippen MR) is 87.7 cm³/mol. The zero-order valence-corrected chi connectivity index (χ0v) is 15.4. The number of ether oxygens (including phenoxy) is 1. The van der Waals surface area contributed by atoms with Crippen LogP contribution in [0, 0.1) is 10.1 Å². The van der Waals surface area contributed by atoms with Crippen molar-refractivity contribution < 1.29 is 9.66 Å². The fraction of sp³-hybridized carbons (Fsp3) is 0.167. The summed E-state index contributed by atoms with van der Waals surface area (Å²) in [6.45, 7) is 1.93. The topological polar surface area (TPSA) is 78.2 Å². The Morgan fingerprint density at radius 1 is 1.19 bits per heavy atom. The lowest BCUT2D eigenvalue weighted by atomic mass is 10.3. The minimum atomic E-state index is -0.476. The quantitative estimate of drug-likeness (QED) is 0.348. The molecule has 2 aromatic rings. The molecule has 0 fully saturated rings. The van der Waals surface area contributed by atoms with Gasteiger partial charge in [0.2, 0.25) is 5.88 Å². The highest BCUT2D eigenvalue weighted by molar-refractivity contribution is 9.11. The number of nitro benzene ring substituents is 1. The zero-order valence-electron chi connectivity index (χ0n) is 10.6. The molecule has 1 aromatic carbocycles. The van der Waals surface area contributed by atoms with E-state index in [2.05, 4.69) is 57.8 Å². The molecule has 0 spiro atoms. The second-order valence-electron chi connectivity index (χ2n) is 3.90. The van der Waals surface area contributed by atoms with E-state index in [4.69, 9.17) is 4.74 Å². The number of hydrogen-bond donors (Lipinski definition) is 0. The van der Waals surface area contributed by atoms with E-state index in [0.717, 1.165) is 0 Å². The molecule has 0 bridgehead atoms. The average Bonchev–Trinajstić information content (AvgIpc) is 2.41. The fourth-order valence-electron chi connectivity index (χ4n) is 1.51. The van der Waals surface area contributed by atoms with Crippen LogP contribution >= 0.6 is 47.8 Å². The molecule has 2 rings (SSSR count). The Kier molecular flexibility index (Phi) is 5.28. The second-order valence-corrected chi connectivity index (χ2v) is 6.42. The van der Waals surface area contributed by atoms with Gasteiger partial charge in [-0.1, -0.05) is 6.92 Å². The monoisotopic (exact) mass is 479 g/mol. The summed E-state index contributed by atoms with van der Waals surface area (Å²) in [5, 5.41) is 10.8. The molecule has 0 unspecified atom stereocenters. The van der Waals surface area contributed by atoms with Crippen LogP contribution < -0.4 is 4.74 Å². The van der Waals surface area contributed by atoms with Gasteiger partial charge in [0, 0.05) is 24.6 Å². The third-order valence-corrected chi connectivity index (χ3v) is 4.02. The third kappa shape index (κ3) is 3.98. The van der Waals surface area contributed by atoms with Gasteiger partial charge in [0.25, 0.3) is 5.69 Å². The fourth-order valence-corrected chi connectivity index (χ4v) is 3.23. The van der Waals surface area contributed by atoms with Gasteiger partial charge >= 0.3 is 0 Å². The van der Waals surface area contributed by atoms with E-state index >= 15 is 0 Å². The molecule has 1 heterocycles. The first kappa shape index (κ1) is 16.3. The Labute approximate surface area is 145 Å². The molecular formula is C12H8Br3N3O3. The van der Waals surface area contributed by atoms with Gasteiger partial charge in [-0.15, -0.1) is 0 Å². The highest BCUT2D eigenvalue weighted by atomic mass is 79.9. The van der Waals surface area contributed by atoms with Gasteiger partial charge in [0.15, 0.2) is 5.75 Å². The van der Waals surface area contributed by atoms with Crippen LogP contribution in [0.4, 0.5) is 5.69 Å². The van der Waals surface area contributed by atoms with E-state index in [1.165, 1.54) is 12.1 Å². The van der Waals surface area contributed by atoms with E-state index in [0.29, 0.717) is 37.4 Å². The van der Waals surface area contributed by atoms with Gasteiger partial charge < -0.3 is 4.74 Å². The van der Waals surface area contributed by atoms with Gasteiger partial charge in [-0.05, 0) is 47.8 Å². The number of non-ortho nitro benzene ring substituents is 1. The Morgan fingerprint density at radius 3 is 2.33 bits per heavy atom. The van der Waals surface area contributed by atoms with E-state index in [-0.39, 0.29) is 5.69 Å². The molecule has 0 saturated carbocycles. The maximum atomic E-state index is 10.8. The molecule has 0 atom stereocenters. The number of halogens is 3. The first-order chi connectivity index (χ1) is 9.90. The van der Waals surface area contributed by atoms with Crippen LogP contribution in [0.25, 0.3) is 0 Å². The molecule has 0 aliphatic rings. The van der Waals surface area contributed by atoms with Crippen molar-refractivity contribution in [2.75, 3.05) is 0 Å². The van der Waals surface area contributed by atoms with E-state index < -0.39 is 4.92 Å². The average molecular weight is 482 g/mol. The predicted octanol–water partition coefficient (Wildman–Crippen LogP) is 5.03. The summed E-state index contributed by atoms with van der Waals surface area (Å²) in [6, 6.07) is 4.37. The molecule has 0 N–H and O–H groups in total. The lowest BCUT2D eigenvalue weighted by molar-refractivity contribution is -0.385. The van der Waals surface area contributed by atoms with Crippen LogP contribution in [0.1, 0.15) is 12.7 Å². The van der Waals surface area contributed by atoms with E-state index in [1.54, 1.807) is 6.07 Å². The Bertz CT molecular complexity index is 686. The van der Waals surface area contributed by atoms with Crippen molar-refractivity contribution in [3.8, 4) is 11.6 Å². The summed E-state index contributed by atoms with van der Waals surface area (Å²) in [5.74, 6) is 1.39. The summed E-state index contributed by atoms with van der Waals surface area (Å²) >= 11 is 9.82. The molecule has 9 heteroatoms. The summed E-state index contributed by atoms with van der Waals surface area (Å²) in [7, 11) is 0. The van der Waals surface area contributed by atoms with Crippen LogP contribution in [0.3, 0.4) is 0 Å². The Balaban J connectivity index is 2.40.